The Labute approximate surface area is 171 Å². The van der Waals surface area contributed by atoms with E-state index < -0.39 is 12.0 Å². The molecule has 0 atom stereocenters. The van der Waals surface area contributed by atoms with Gasteiger partial charge in [0.05, 0.1) is 17.7 Å². The van der Waals surface area contributed by atoms with Crippen molar-refractivity contribution in [2.24, 2.45) is 4.99 Å². The molecule has 0 saturated carbocycles. The van der Waals surface area contributed by atoms with E-state index in [1.54, 1.807) is 18.5 Å². The topological polar surface area (TPSA) is 47.0 Å². The minimum Gasteiger partial charge on any atom is -0.439 e. The number of ether oxygens (including phenoxy) is 2. The fourth-order valence-electron chi connectivity index (χ4n) is 2.61. The molecule has 2 rings (SSSR count). The van der Waals surface area contributed by atoms with Crippen molar-refractivity contribution in [3.63, 3.8) is 0 Å². The van der Waals surface area contributed by atoms with E-state index >= 15 is 0 Å². The molecule has 0 radical (unpaired) electrons. The Morgan fingerprint density at radius 1 is 1.21 bits per heavy atom. The third-order valence-corrected chi connectivity index (χ3v) is 4.41. The van der Waals surface area contributed by atoms with Gasteiger partial charge in [-0.1, -0.05) is 20.8 Å². The van der Waals surface area contributed by atoms with E-state index in [9.17, 15) is 8.78 Å². The van der Waals surface area contributed by atoms with E-state index in [2.05, 4.69) is 14.7 Å². The number of benzene rings is 1. The van der Waals surface area contributed by atoms with Crippen LogP contribution in [0, 0.1) is 13.8 Å². The maximum absolute atomic E-state index is 12.7. The van der Waals surface area contributed by atoms with E-state index in [1.165, 1.54) is 6.07 Å². The van der Waals surface area contributed by atoms with Gasteiger partial charge < -0.3 is 14.4 Å². The van der Waals surface area contributed by atoms with Crippen LogP contribution in [0.3, 0.4) is 0 Å². The Morgan fingerprint density at radius 2 is 1.90 bits per heavy atom. The van der Waals surface area contributed by atoms with Crippen LogP contribution in [-0.4, -0.2) is 36.4 Å². The van der Waals surface area contributed by atoms with Crippen LogP contribution in [0.5, 0.6) is 17.4 Å². The third kappa shape index (κ3) is 6.14. The molecule has 1 aromatic carbocycles. The van der Waals surface area contributed by atoms with Crippen molar-refractivity contribution >= 4 is 12.0 Å². The van der Waals surface area contributed by atoms with Crippen molar-refractivity contribution in [1.82, 2.24) is 9.88 Å². The molecular formula is C22H29F2N3O2. The van der Waals surface area contributed by atoms with Gasteiger partial charge >= 0.3 is 6.61 Å². The highest BCUT2D eigenvalue weighted by Crippen LogP contribution is 2.37. The zero-order valence-electron chi connectivity index (χ0n) is 18.1. The molecule has 0 fully saturated rings. The van der Waals surface area contributed by atoms with Crippen molar-refractivity contribution in [3.05, 3.63) is 41.1 Å². The first-order chi connectivity index (χ1) is 13.5. The third-order valence-electron chi connectivity index (χ3n) is 4.41. The number of hydrogen-bond acceptors (Lipinski definition) is 4. The van der Waals surface area contributed by atoms with Crippen molar-refractivity contribution in [2.45, 2.75) is 53.6 Å². The van der Waals surface area contributed by atoms with Gasteiger partial charge in [-0.15, -0.1) is 0 Å². The first-order valence-corrected chi connectivity index (χ1v) is 9.51. The molecule has 0 aliphatic carbocycles. The molecule has 1 heterocycles. The molecule has 0 amide bonds. The van der Waals surface area contributed by atoms with Crippen molar-refractivity contribution in [2.75, 3.05) is 13.6 Å². The zero-order chi connectivity index (χ0) is 21.8. The Kier molecular flexibility index (Phi) is 7.16. The number of hydrogen-bond donors (Lipinski definition) is 0. The highest BCUT2D eigenvalue weighted by Gasteiger charge is 2.22. The smallest absolute Gasteiger partial charge is 0.387 e. The molecule has 0 spiro atoms. The van der Waals surface area contributed by atoms with Gasteiger partial charge in [-0.2, -0.15) is 8.78 Å². The van der Waals surface area contributed by atoms with E-state index in [0.29, 0.717) is 17.2 Å². The maximum atomic E-state index is 12.7. The van der Waals surface area contributed by atoms with Crippen LogP contribution in [-0.2, 0) is 5.41 Å². The van der Waals surface area contributed by atoms with Crippen LogP contribution < -0.4 is 9.47 Å². The second kappa shape index (κ2) is 9.20. The average Bonchev–Trinajstić information content (AvgIpc) is 2.62. The van der Waals surface area contributed by atoms with E-state index in [-0.39, 0.29) is 5.75 Å². The SMILES string of the molecule is CCN(C)C=Nc1cc(C)c(Oc2ccc(OC(F)F)c(C(C)(C)C)c2)nc1C. The van der Waals surface area contributed by atoms with Gasteiger partial charge in [0.25, 0.3) is 0 Å². The maximum Gasteiger partial charge on any atom is 0.387 e. The van der Waals surface area contributed by atoms with Crippen LogP contribution in [0.4, 0.5) is 14.5 Å². The van der Waals surface area contributed by atoms with Crippen LogP contribution >= 0.6 is 0 Å². The Balaban J connectivity index is 2.34. The van der Waals surface area contributed by atoms with Gasteiger partial charge in [0, 0.05) is 24.7 Å². The summed E-state index contributed by atoms with van der Waals surface area (Å²) in [6.45, 7) is 9.57. The van der Waals surface area contributed by atoms with Crippen LogP contribution in [0.25, 0.3) is 0 Å². The Bertz CT molecular complexity index is 877. The van der Waals surface area contributed by atoms with Crippen LogP contribution in [0.1, 0.15) is 44.5 Å². The minimum atomic E-state index is -2.88. The molecule has 158 valence electrons. The number of aryl methyl sites for hydroxylation is 2. The van der Waals surface area contributed by atoms with Crippen molar-refractivity contribution in [1.29, 1.82) is 0 Å². The van der Waals surface area contributed by atoms with Crippen LogP contribution in [0.15, 0.2) is 29.3 Å². The lowest BCUT2D eigenvalue weighted by Crippen LogP contribution is -2.15. The Morgan fingerprint density at radius 3 is 2.48 bits per heavy atom. The summed E-state index contributed by atoms with van der Waals surface area (Å²) in [4.78, 5) is 11.0. The summed E-state index contributed by atoms with van der Waals surface area (Å²) in [5.41, 5.74) is 2.57. The summed E-state index contributed by atoms with van der Waals surface area (Å²) in [7, 11) is 1.95. The van der Waals surface area contributed by atoms with E-state index in [4.69, 9.17) is 4.74 Å². The number of alkyl halides is 2. The number of halogens is 2. The van der Waals surface area contributed by atoms with Gasteiger partial charge in [-0.25, -0.2) is 9.98 Å². The lowest BCUT2D eigenvalue weighted by atomic mass is 9.86. The van der Waals surface area contributed by atoms with E-state index in [0.717, 1.165) is 23.5 Å². The summed E-state index contributed by atoms with van der Waals surface area (Å²) in [5, 5.41) is 0. The number of aliphatic imine (C=N–C) groups is 1. The van der Waals surface area contributed by atoms with Gasteiger partial charge in [0.1, 0.15) is 11.5 Å². The zero-order valence-corrected chi connectivity index (χ0v) is 18.1. The predicted octanol–water partition coefficient (Wildman–Crippen LogP) is 6.00. The first-order valence-electron chi connectivity index (χ1n) is 9.51. The standard InChI is InChI=1S/C22H29F2N3O2/c1-8-27(7)13-25-18-11-14(2)20(26-15(18)3)28-16-9-10-19(29-21(23)24)17(12-16)22(4,5)6/h9-13,21H,8H2,1-7H3. The lowest BCUT2D eigenvalue weighted by Gasteiger charge is -2.23. The predicted molar refractivity (Wildman–Crippen MR) is 112 cm³/mol. The molecular weight excluding hydrogens is 376 g/mol. The van der Waals surface area contributed by atoms with Crippen molar-refractivity contribution in [3.8, 4) is 17.4 Å². The quantitative estimate of drug-likeness (QED) is 0.419. The molecule has 0 N–H and O–H groups in total. The molecule has 5 nitrogen and oxygen atoms in total. The molecule has 0 unspecified atom stereocenters. The fourth-order valence-corrected chi connectivity index (χ4v) is 2.61. The Hall–Kier alpha value is -2.70. The molecule has 2 aromatic rings. The molecule has 0 bridgehead atoms. The molecule has 1 aromatic heterocycles. The minimum absolute atomic E-state index is 0.144. The highest BCUT2D eigenvalue weighted by molar-refractivity contribution is 5.63. The summed E-state index contributed by atoms with van der Waals surface area (Å²) in [6, 6.07) is 6.74. The largest absolute Gasteiger partial charge is 0.439 e. The molecule has 29 heavy (non-hydrogen) atoms. The van der Waals surface area contributed by atoms with Crippen molar-refractivity contribution < 1.29 is 18.3 Å². The summed E-state index contributed by atoms with van der Waals surface area (Å²) in [5.74, 6) is 1.10. The van der Waals surface area contributed by atoms with Gasteiger partial charge in [0.15, 0.2) is 0 Å². The number of aromatic nitrogens is 1. The number of pyridine rings is 1. The molecule has 7 heteroatoms. The highest BCUT2D eigenvalue weighted by atomic mass is 19.3. The lowest BCUT2D eigenvalue weighted by molar-refractivity contribution is -0.0509. The fraction of sp³-hybridized carbons (Fsp3) is 0.455. The molecule has 0 aliphatic heterocycles. The van der Waals surface area contributed by atoms with Gasteiger partial charge in [0.2, 0.25) is 5.88 Å². The summed E-state index contributed by atoms with van der Waals surface area (Å²) in [6.07, 6.45) is 1.77. The average molecular weight is 405 g/mol. The molecule has 0 saturated heterocycles. The van der Waals surface area contributed by atoms with Gasteiger partial charge in [-0.3, -0.25) is 0 Å². The number of nitrogens with zero attached hydrogens (tertiary/aromatic N) is 3. The van der Waals surface area contributed by atoms with E-state index in [1.807, 2.05) is 59.6 Å². The monoisotopic (exact) mass is 405 g/mol. The normalized spacial score (nSPS) is 11.9. The summed E-state index contributed by atoms with van der Waals surface area (Å²) >= 11 is 0. The van der Waals surface area contributed by atoms with Crippen LogP contribution in [0.2, 0.25) is 0 Å². The summed E-state index contributed by atoms with van der Waals surface area (Å²) < 4.78 is 36.1. The second-order valence-electron chi connectivity index (χ2n) is 7.92. The number of rotatable bonds is 7. The van der Waals surface area contributed by atoms with Gasteiger partial charge in [-0.05, 0) is 50.5 Å². The molecule has 0 aliphatic rings. The first kappa shape index (κ1) is 22.6. The second-order valence-corrected chi connectivity index (χ2v) is 7.92.